The van der Waals surface area contributed by atoms with E-state index >= 15 is 0 Å². The largest absolute Gasteiger partial charge is 0.481 e. The number of hydrogen-bond donors (Lipinski definition) is 0. The van der Waals surface area contributed by atoms with Crippen LogP contribution in [-0.2, 0) is 0 Å². The van der Waals surface area contributed by atoms with Crippen molar-refractivity contribution in [2.24, 2.45) is 0 Å². The van der Waals surface area contributed by atoms with Crippen LogP contribution in [0.2, 0.25) is 5.28 Å². The van der Waals surface area contributed by atoms with Gasteiger partial charge >= 0.3 is 0 Å². The summed E-state index contributed by atoms with van der Waals surface area (Å²) in [5.41, 5.74) is 0. The number of ether oxygens (including phenoxy) is 2. The van der Waals surface area contributed by atoms with Gasteiger partial charge in [-0.2, -0.15) is 4.98 Å². The summed E-state index contributed by atoms with van der Waals surface area (Å²) in [6, 6.07) is 1.69. The first-order valence-electron chi connectivity index (χ1n) is 4.69. The molecule has 0 aromatic carbocycles. The molecule has 0 bridgehead atoms. The molecule has 2 rings (SSSR count). The van der Waals surface area contributed by atoms with Crippen molar-refractivity contribution in [3.05, 3.63) is 34.5 Å². The summed E-state index contributed by atoms with van der Waals surface area (Å²) >= 11 is 8.65. The lowest BCUT2D eigenvalue weighted by Crippen LogP contribution is -1.90. The van der Waals surface area contributed by atoms with Crippen molar-refractivity contribution in [1.82, 2.24) is 19.9 Å². The Hall–Kier alpha value is -1.47. The molecule has 0 saturated carbocycles. The normalized spacial score (nSPS) is 9.11. The fraction of sp³-hybridized carbons (Fsp3) is 0.200. The maximum Gasteiger partial charge on any atom is 0.232 e. The van der Waals surface area contributed by atoms with Gasteiger partial charge in [-0.05, 0) is 27.5 Å². The molecular formula is C10H10BrClN4O2. The van der Waals surface area contributed by atoms with E-state index in [-0.39, 0.29) is 5.28 Å². The topological polar surface area (TPSA) is 70.0 Å². The Bertz CT molecular complexity index is 487. The second-order valence-electron chi connectivity index (χ2n) is 2.75. The van der Waals surface area contributed by atoms with Gasteiger partial charge in [0.1, 0.15) is 6.33 Å². The molecule has 0 fully saturated rings. The highest BCUT2D eigenvalue weighted by atomic mass is 79.9. The minimum atomic E-state index is 0.181. The lowest BCUT2D eigenvalue weighted by atomic mass is 10.6. The summed E-state index contributed by atoms with van der Waals surface area (Å²) in [6.45, 7) is 0. The van der Waals surface area contributed by atoms with Crippen LogP contribution in [0.5, 0.6) is 11.8 Å². The SMILES string of the molecule is COc1ccncn1.COc1nc(Cl)ncc1Br. The first-order valence-corrected chi connectivity index (χ1v) is 5.86. The number of hydrogen-bond acceptors (Lipinski definition) is 6. The van der Waals surface area contributed by atoms with Crippen LogP contribution in [-0.4, -0.2) is 34.2 Å². The van der Waals surface area contributed by atoms with E-state index in [9.17, 15) is 0 Å². The van der Waals surface area contributed by atoms with Gasteiger partial charge in [-0.3, -0.25) is 0 Å². The zero-order valence-corrected chi connectivity index (χ0v) is 12.0. The molecule has 0 atom stereocenters. The molecule has 2 aromatic heterocycles. The van der Waals surface area contributed by atoms with Crippen molar-refractivity contribution in [2.45, 2.75) is 0 Å². The molecule has 2 aromatic rings. The number of aromatic nitrogens is 4. The average molecular weight is 334 g/mol. The molecule has 0 aliphatic heterocycles. The van der Waals surface area contributed by atoms with Crippen molar-refractivity contribution in [3.8, 4) is 11.8 Å². The molecule has 0 unspecified atom stereocenters. The minimum Gasteiger partial charge on any atom is -0.481 e. The third-order valence-corrected chi connectivity index (χ3v) is 2.37. The Labute approximate surface area is 118 Å². The monoisotopic (exact) mass is 332 g/mol. The molecule has 0 aliphatic carbocycles. The van der Waals surface area contributed by atoms with E-state index < -0.39 is 0 Å². The van der Waals surface area contributed by atoms with Crippen molar-refractivity contribution in [3.63, 3.8) is 0 Å². The molecule has 0 spiro atoms. The summed E-state index contributed by atoms with van der Waals surface area (Å²) in [6.07, 6.45) is 4.61. The smallest absolute Gasteiger partial charge is 0.232 e. The number of rotatable bonds is 2. The van der Waals surface area contributed by atoms with Gasteiger partial charge in [0.05, 0.1) is 18.7 Å². The van der Waals surface area contributed by atoms with Crippen molar-refractivity contribution in [1.29, 1.82) is 0 Å². The molecule has 18 heavy (non-hydrogen) atoms. The molecule has 0 aliphatic rings. The first kappa shape index (κ1) is 14.6. The highest BCUT2D eigenvalue weighted by Crippen LogP contribution is 2.21. The molecule has 2 heterocycles. The van der Waals surface area contributed by atoms with E-state index in [4.69, 9.17) is 21.1 Å². The van der Waals surface area contributed by atoms with Crippen LogP contribution in [0, 0.1) is 0 Å². The zero-order valence-electron chi connectivity index (χ0n) is 9.67. The van der Waals surface area contributed by atoms with Crippen LogP contribution in [0.3, 0.4) is 0 Å². The predicted octanol–water partition coefficient (Wildman–Crippen LogP) is 2.39. The Morgan fingerprint density at radius 2 is 2.00 bits per heavy atom. The van der Waals surface area contributed by atoms with Crippen LogP contribution in [0.1, 0.15) is 0 Å². The number of nitrogens with zero attached hydrogens (tertiary/aromatic N) is 4. The Balaban J connectivity index is 0.000000184. The average Bonchev–Trinajstić information content (AvgIpc) is 2.43. The van der Waals surface area contributed by atoms with Crippen LogP contribution in [0.4, 0.5) is 0 Å². The molecular weight excluding hydrogens is 323 g/mol. The van der Waals surface area contributed by atoms with Crippen molar-refractivity contribution < 1.29 is 9.47 Å². The summed E-state index contributed by atoms with van der Waals surface area (Å²) < 4.78 is 10.3. The van der Waals surface area contributed by atoms with Crippen LogP contribution in [0.15, 0.2) is 29.3 Å². The highest BCUT2D eigenvalue weighted by molar-refractivity contribution is 9.10. The van der Waals surface area contributed by atoms with Gasteiger partial charge in [0.15, 0.2) is 0 Å². The van der Waals surface area contributed by atoms with Crippen molar-refractivity contribution in [2.75, 3.05) is 14.2 Å². The molecule has 8 heteroatoms. The zero-order chi connectivity index (χ0) is 13.4. The lowest BCUT2D eigenvalue weighted by molar-refractivity contribution is 0.394. The maximum atomic E-state index is 5.47. The van der Waals surface area contributed by atoms with Gasteiger partial charge in [0.25, 0.3) is 0 Å². The molecule has 96 valence electrons. The van der Waals surface area contributed by atoms with Gasteiger partial charge in [0.2, 0.25) is 17.0 Å². The summed E-state index contributed by atoms with van der Waals surface area (Å²) in [5.74, 6) is 1.04. The van der Waals surface area contributed by atoms with Crippen LogP contribution >= 0.6 is 27.5 Å². The Morgan fingerprint density at radius 1 is 1.22 bits per heavy atom. The van der Waals surface area contributed by atoms with E-state index in [0.29, 0.717) is 16.2 Å². The maximum absolute atomic E-state index is 5.47. The number of methoxy groups -OCH3 is 2. The van der Waals surface area contributed by atoms with Gasteiger partial charge in [-0.15, -0.1) is 0 Å². The molecule has 6 nitrogen and oxygen atoms in total. The molecule has 0 N–H and O–H groups in total. The lowest BCUT2D eigenvalue weighted by Gasteiger charge is -1.99. The van der Waals surface area contributed by atoms with Gasteiger partial charge in [-0.25, -0.2) is 15.0 Å². The van der Waals surface area contributed by atoms with Gasteiger partial charge in [0, 0.05) is 18.5 Å². The Kier molecular flexibility index (Phi) is 6.31. The predicted molar refractivity (Wildman–Crippen MR) is 69.9 cm³/mol. The quantitative estimate of drug-likeness (QED) is 0.786. The molecule has 0 saturated heterocycles. The fourth-order valence-electron chi connectivity index (χ4n) is 0.874. The van der Waals surface area contributed by atoms with Crippen molar-refractivity contribution >= 4 is 27.5 Å². The summed E-state index contributed by atoms with van der Waals surface area (Å²) in [7, 11) is 3.09. The third kappa shape index (κ3) is 4.80. The summed E-state index contributed by atoms with van der Waals surface area (Å²) in [5, 5.41) is 0.181. The van der Waals surface area contributed by atoms with E-state index in [1.165, 1.54) is 19.6 Å². The van der Waals surface area contributed by atoms with Crippen LogP contribution in [0.25, 0.3) is 0 Å². The minimum absolute atomic E-state index is 0.181. The third-order valence-electron chi connectivity index (χ3n) is 1.64. The van der Waals surface area contributed by atoms with E-state index in [2.05, 4.69) is 35.9 Å². The first-order chi connectivity index (χ1) is 8.67. The van der Waals surface area contributed by atoms with Gasteiger partial charge < -0.3 is 9.47 Å². The molecule has 0 radical (unpaired) electrons. The van der Waals surface area contributed by atoms with Crippen LogP contribution < -0.4 is 9.47 Å². The van der Waals surface area contributed by atoms with E-state index in [1.54, 1.807) is 19.4 Å². The summed E-state index contributed by atoms with van der Waals surface area (Å²) in [4.78, 5) is 15.0. The standard InChI is InChI=1S/C5H4BrClN2O.C5H6N2O/c1-10-4-3(6)2-8-5(7)9-4;1-8-5-2-3-6-4-7-5/h2H,1H3;2-4H,1H3. The second kappa shape index (κ2) is 7.78. The second-order valence-corrected chi connectivity index (χ2v) is 3.94. The number of halogens is 2. The van der Waals surface area contributed by atoms with Gasteiger partial charge in [-0.1, -0.05) is 0 Å². The van der Waals surface area contributed by atoms with E-state index in [0.717, 1.165) is 0 Å². The Morgan fingerprint density at radius 3 is 2.44 bits per heavy atom. The molecule has 0 amide bonds. The van der Waals surface area contributed by atoms with E-state index in [1.807, 2.05) is 0 Å². The highest BCUT2D eigenvalue weighted by Gasteiger charge is 2.01. The fourth-order valence-corrected chi connectivity index (χ4v) is 1.35.